The summed E-state index contributed by atoms with van der Waals surface area (Å²) in [7, 11) is 1.81. The van der Waals surface area contributed by atoms with Gasteiger partial charge >= 0.3 is 0 Å². The Morgan fingerprint density at radius 3 is 2.68 bits per heavy atom. The number of amides is 2. The maximum absolute atomic E-state index is 12.6. The van der Waals surface area contributed by atoms with Gasteiger partial charge in [-0.3, -0.25) is 9.59 Å². The van der Waals surface area contributed by atoms with Crippen molar-refractivity contribution in [3.63, 3.8) is 0 Å². The standard InChI is InChI=1S/C25H26N4O2/c1-29-22-9-7-17(11-19(22)13-23(29)30)16-4-2-15(3-5-16)10-21(14-26)28-25(31)24-18-6-8-20(12-18)27-24/h2-5,7,9,11,18,20-21,24,27H,6,8,10,12-13H2,1H3,(H,28,31)/t18-,20+,21-,24-/m0/s1. The highest BCUT2D eigenvalue weighted by Crippen LogP contribution is 2.35. The molecule has 2 aromatic rings. The van der Waals surface area contributed by atoms with Crippen LogP contribution in [0.5, 0.6) is 0 Å². The van der Waals surface area contributed by atoms with Gasteiger partial charge in [-0.15, -0.1) is 0 Å². The number of fused-ring (bicyclic) bond motifs is 3. The van der Waals surface area contributed by atoms with Crippen molar-refractivity contribution in [2.45, 2.75) is 50.2 Å². The van der Waals surface area contributed by atoms with E-state index in [2.05, 4.69) is 22.8 Å². The fourth-order valence-corrected chi connectivity index (χ4v) is 5.26. The zero-order chi connectivity index (χ0) is 21.5. The minimum Gasteiger partial charge on any atom is -0.339 e. The summed E-state index contributed by atoms with van der Waals surface area (Å²) in [4.78, 5) is 26.2. The number of anilines is 1. The van der Waals surface area contributed by atoms with E-state index in [-0.39, 0.29) is 17.9 Å². The SMILES string of the molecule is CN1C(=O)Cc2cc(-c3ccc(C[C@@H](C#N)NC(=O)[C@H]4N[C@@H]5CC[C@H]4C5)cc3)ccc21. The van der Waals surface area contributed by atoms with Crippen LogP contribution in [0.2, 0.25) is 0 Å². The molecule has 1 saturated heterocycles. The molecule has 1 saturated carbocycles. The number of piperidine rings is 1. The number of benzene rings is 2. The summed E-state index contributed by atoms with van der Waals surface area (Å²) in [6.07, 6.45) is 4.25. The summed E-state index contributed by atoms with van der Waals surface area (Å²) in [6.45, 7) is 0. The maximum Gasteiger partial charge on any atom is 0.238 e. The van der Waals surface area contributed by atoms with Crippen LogP contribution in [-0.2, 0) is 22.4 Å². The van der Waals surface area contributed by atoms with Crippen LogP contribution < -0.4 is 15.5 Å². The van der Waals surface area contributed by atoms with E-state index >= 15 is 0 Å². The van der Waals surface area contributed by atoms with E-state index in [0.717, 1.165) is 47.2 Å². The molecular weight excluding hydrogens is 388 g/mol. The Labute approximate surface area is 182 Å². The number of hydrogen-bond acceptors (Lipinski definition) is 4. The van der Waals surface area contributed by atoms with Gasteiger partial charge in [0.2, 0.25) is 11.8 Å². The van der Waals surface area contributed by atoms with Crippen molar-refractivity contribution in [3.05, 3.63) is 53.6 Å². The van der Waals surface area contributed by atoms with Crippen molar-refractivity contribution in [1.29, 1.82) is 5.26 Å². The molecule has 2 fully saturated rings. The van der Waals surface area contributed by atoms with Gasteiger partial charge in [0.25, 0.3) is 0 Å². The van der Waals surface area contributed by atoms with Crippen molar-refractivity contribution in [2.24, 2.45) is 5.92 Å². The number of nitrogens with one attached hydrogen (secondary N) is 2. The van der Waals surface area contributed by atoms with Crippen LogP contribution in [-0.4, -0.2) is 37.0 Å². The Bertz CT molecular complexity index is 1070. The number of carbonyl (C=O) groups excluding carboxylic acids is 2. The number of nitrogens with zero attached hydrogens (tertiary/aromatic N) is 2. The molecule has 2 N–H and O–H groups in total. The summed E-state index contributed by atoms with van der Waals surface area (Å²) in [5, 5.41) is 15.9. The second kappa shape index (κ2) is 7.82. The topological polar surface area (TPSA) is 85.2 Å². The number of nitriles is 1. The monoisotopic (exact) mass is 414 g/mol. The Morgan fingerprint density at radius 2 is 2.00 bits per heavy atom. The number of likely N-dealkylation sites (N-methyl/N-ethyl adjacent to an activating group) is 1. The minimum absolute atomic E-state index is 0.0481. The fourth-order valence-electron chi connectivity index (χ4n) is 5.26. The second-order valence-corrected chi connectivity index (χ2v) is 8.98. The Balaban J connectivity index is 1.24. The van der Waals surface area contributed by atoms with Gasteiger partial charge in [-0.2, -0.15) is 5.26 Å². The summed E-state index contributed by atoms with van der Waals surface area (Å²) >= 11 is 0. The third kappa shape index (κ3) is 3.70. The number of rotatable bonds is 5. The molecule has 2 bridgehead atoms. The maximum atomic E-state index is 12.6. The molecule has 0 spiro atoms. The van der Waals surface area contributed by atoms with Gasteiger partial charge in [0.1, 0.15) is 6.04 Å². The van der Waals surface area contributed by atoms with E-state index in [1.165, 1.54) is 0 Å². The van der Waals surface area contributed by atoms with E-state index in [0.29, 0.717) is 24.8 Å². The van der Waals surface area contributed by atoms with Gasteiger partial charge < -0.3 is 15.5 Å². The summed E-state index contributed by atoms with van der Waals surface area (Å²) in [5.41, 5.74) is 5.17. The molecule has 3 aliphatic rings. The highest BCUT2D eigenvalue weighted by molar-refractivity contribution is 6.01. The van der Waals surface area contributed by atoms with Crippen LogP contribution in [0.1, 0.15) is 30.4 Å². The lowest BCUT2D eigenvalue weighted by Gasteiger charge is -2.23. The third-order valence-corrected chi connectivity index (χ3v) is 7.00. The van der Waals surface area contributed by atoms with E-state index in [1.54, 1.807) is 11.9 Å². The summed E-state index contributed by atoms with van der Waals surface area (Å²) in [5.74, 6) is 0.478. The average Bonchev–Trinajstić information content (AvgIpc) is 3.49. The van der Waals surface area contributed by atoms with E-state index in [1.807, 2.05) is 36.4 Å². The van der Waals surface area contributed by atoms with Crippen molar-refractivity contribution >= 4 is 17.5 Å². The van der Waals surface area contributed by atoms with Crippen LogP contribution in [0.4, 0.5) is 5.69 Å². The summed E-state index contributed by atoms with van der Waals surface area (Å²) in [6, 6.07) is 16.2. The molecule has 2 amide bonds. The van der Waals surface area contributed by atoms with Crippen molar-refractivity contribution in [2.75, 3.05) is 11.9 Å². The molecule has 6 heteroatoms. The molecular formula is C25H26N4O2. The van der Waals surface area contributed by atoms with Crippen LogP contribution in [0, 0.1) is 17.2 Å². The lowest BCUT2D eigenvalue weighted by atomic mass is 9.97. The zero-order valence-electron chi connectivity index (χ0n) is 17.6. The first-order valence-corrected chi connectivity index (χ1v) is 11.0. The number of hydrogen-bond donors (Lipinski definition) is 2. The Morgan fingerprint density at radius 1 is 1.23 bits per heavy atom. The van der Waals surface area contributed by atoms with Crippen LogP contribution in [0.3, 0.4) is 0 Å². The van der Waals surface area contributed by atoms with E-state index in [9.17, 15) is 14.9 Å². The first-order chi connectivity index (χ1) is 15.0. The largest absolute Gasteiger partial charge is 0.339 e. The predicted octanol–water partition coefficient (Wildman–Crippen LogP) is 2.56. The molecule has 2 aliphatic heterocycles. The molecule has 31 heavy (non-hydrogen) atoms. The quantitative estimate of drug-likeness (QED) is 0.788. The van der Waals surface area contributed by atoms with Gasteiger partial charge in [-0.25, -0.2) is 0 Å². The van der Waals surface area contributed by atoms with Crippen LogP contribution in [0.25, 0.3) is 11.1 Å². The molecule has 5 rings (SSSR count). The highest BCUT2D eigenvalue weighted by atomic mass is 16.2. The van der Waals surface area contributed by atoms with Crippen LogP contribution in [0.15, 0.2) is 42.5 Å². The van der Waals surface area contributed by atoms with Gasteiger partial charge in [-0.05, 0) is 59.6 Å². The smallest absolute Gasteiger partial charge is 0.238 e. The van der Waals surface area contributed by atoms with Gasteiger partial charge in [0, 0.05) is 25.2 Å². The Kier molecular flexibility index (Phi) is 4.99. The van der Waals surface area contributed by atoms with Crippen molar-refractivity contribution in [1.82, 2.24) is 10.6 Å². The molecule has 2 heterocycles. The van der Waals surface area contributed by atoms with Gasteiger partial charge in [-0.1, -0.05) is 30.3 Å². The first kappa shape index (κ1) is 19.8. The summed E-state index contributed by atoms with van der Waals surface area (Å²) < 4.78 is 0. The molecule has 6 nitrogen and oxygen atoms in total. The Hall–Kier alpha value is -3.17. The van der Waals surface area contributed by atoms with Gasteiger partial charge in [0.15, 0.2) is 0 Å². The molecule has 0 unspecified atom stereocenters. The second-order valence-electron chi connectivity index (χ2n) is 8.98. The van der Waals surface area contributed by atoms with Crippen molar-refractivity contribution in [3.8, 4) is 17.2 Å². The van der Waals surface area contributed by atoms with E-state index < -0.39 is 6.04 Å². The normalized spacial score (nSPS) is 24.7. The average molecular weight is 415 g/mol. The minimum atomic E-state index is -0.541. The van der Waals surface area contributed by atoms with E-state index in [4.69, 9.17) is 0 Å². The highest BCUT2D eigenvalue weighted by Gasteiger charge is 2.43. The molecule has 158 valence electrons. The fraction of sp³-hybridized carbons (Fsp3) is 0.400. The van der Waals surface area contributed by atoms with Crippen molar-refractivity contribution < 1.29 is 9.59 Å². The molecule has 2 aromatic carbocycles. The molecule has 0 radical (unpaired) electrons. The lowest BCUT2D eigenvalue weighted by Crippen LogP contribution is -2.50. The van der Waals surface area contributed by atoms with Gasteiger partial charge in [0.05, 0.1) is 18.5 Å². The molecule has 1 aliphatic carbocycles. The lowest BCUT2D eigenvalue weighted by molar-refractivity contribution is -0.124. The number of carbonyl (C=O) groups is 2. The molecule has 4 atom stereocenters. The van der Waals surface area contributed by atoms with Crippen LogP contribution >= 0.6 is 0 Å². The zero-order valence-corrected chi connectivity index (χ0v) is 17.6. The predicted molar refractivity (Wildman–Crippen MR) is 118 cm³/mol. The first-order valence-electron chi connectivity index (χ1n) is 11.0. The molecule has 0 aromatic heterocycles. The third-order valence-electron chi connectivity index (χ3n) is 7.00.